The van der Waals surface area contributed by atoms with E-state index in [0.29, 0.717) is 0 Å². The molecule has 2 heteroatoms. The topological polar surface area (TPSA) is 38.0 Å². The summed E-state index contributed by atoms with van der Waals surface area (Å²) < 4.78 is 0. The van der Waals surface area contributed by atoms with Crippen LogP contribution in [0.2, 0.25) is 0 Å². The predicted octanol–water partition coefficient (Wildman–Crippen LogP) is 2.66. The smallest absolute Gasteiger partial charge is 0.0485 e. The van der Waals surface area contributed by atoms with Crippen molar-refractivity contribution < 1.29 is 0 Å². The van der Waals surface area contributed by atoms with Crippen molar-refractivity contribution in [3.63, 3.8) is 0 Å². The Morgan fingerprint density at radius 2 is 1.00 bits per heavy atom. The number of para-hydroxylation sites is 1. The molecule has 0 aliphatic heterocycles. The largest absolute Gasteiger partial charge is 0.324 e. The Kier molecular flexibility index (Phi) is 4.91. The summed E-state index contributed by atoms with van der Waals surface area (Å²) in [7, 11) is 0. The van der Waals surface area contributed by atoms with Crippen molar-refractivity contribution in [1.29, 1.82) is 0 Å². The summed E-state index contributed by atoms with van der Waals surface area (Å²) in [6, 6.07) is 21.6. The standard InChI is InChI=1S/C6H8N2.C6H6/c7-8-6-4-2-1-3-5-6;1-2-4-6-5-3-1/h1-5,8H,7H2;1-6H. The zero-order valence-corrected chi connectivity index (χ0v) is 7.93. The molecule has 0 radical (unpaired) electrons. The lowest BCUT2D eigenvalue weighted by Crippen LogP contribution is -2.05. The van der Waals surface area contributed by atoms with Gasteiger partial charge < -0.3 is 5.43 Å². The highest BCUT2D eigenvalue weighted by atomic mass is 15.2. The van der Waals surface area contributed by atoms with Crippen molar-refractivity contribution >= 4 is 5.69 Å². The van der Waals surface area contributed by atoms with Crippen molar-refractivity contribution in [3.05, 3.63) is 66.7 Å². The van der Waals surface area contributed by atoms with Crippen LogP contribution >= 0.6 is 0 Å². The van der Waals surface area contributed by atoms with E-state index in [9.17, 15) is 0 Å². The Morgan fingerprint density at radius 3 is 1.29 bits per heavy atom. The Hall–Kier alpha value is -1.80. The highest BCUT2D eigenvalue weighted by Gasteiger charge is 1.78. The van der Waals surface area contributed by atoms with Crippen LogP contribution in [0.1, 0.15) is 0 Å². The Labute approximate surface area is 84.4 Å². The molecular weight excluding hydrogens is 172 g/mol. The van der Waals surface area contributed by atoms with Crippen LogP contribution in [0.5, 0.6) is 0 Å². The number of hydrogen-bond acceptors (Lipinski definition) is 2. The number of benzene rings is 2. The number of hydrazine groups is 1. The average Bonchev–Trinajstić information content (AvgIpc) is 2.33. The van der Waals surface area contributed by atoms with Crippen LogP contribution in [0.3, 0.4) is 0 Å². The first-order valence-corrected chi connectivity index (χ1v) is 4.45. The second-order valence-electron chi connectivity index (χ2n) is 2.67. The molecule has 2 rings (SSSR count). The first kappa shape index (κ1) is 10.3. The monoisotopic (exact) mass is 186 g/mol. The fourth-order valence-corrected chi connectivity index (χ4v) is 0.919. The van der Waals surface area contributed by atoms with Gasteiger partial charge >= 0.3 is 0 Å². The van der Waals surface area contributed by atoms with Gasteiger partial charge in [-0.25, -0.2) is 0 Å². The molecule has 0 amide bonds. The minimum atomic E-state index is 0.938. The quantitative estimate of drug-likeness (QED) is 0.530. The summed E-state index contributed by atoms with van der Waals surface area (Å²) in [6.45, 7) is 0. The van der Waals surface area contributed by atoms with E-state index in [-0.39, 0.29) is 0 Å². The van der Waals surface area contributed by atoms with Crippen LogP contribution in [0.4, 0.5) is 5.69 Å². The van der Waals surface area contributed by atoms with Gasteiger partial charge in [-0.15, -0.1) is 0 Å². The normalized spacial score (nSPS) is 8.36. The van der Waals surface area contributed by atoms with Gasteiger partial charge in [0.15, 0.2) is 0 Å². The predicted molar refractivity (Wildman–Crippen MR) is 60.7 cm³/mol. The zero-order chi connectivity index (χ0) is 10.1. The fraction of sp³-hybridized carbons (Fsp3) is 0. The number of nitrogen functional groups attached to an aromatic ring is 1. The van der Waals surface area contributed by atoms with Crippen molar-refractivity contribution in [2.45, 2.75) is 0 Å². The van der Waals surface area contributed by atoms with Crippen molar-refractivity contribution in [2.24, 2.45) is 5.84 Å². The van der Waals surface area contributed by atoms with Crippen LogP contribution in [0.25, 0.3) is 0 Å². The summed E-state index contributed by atoms with van der Waals surface area (Å²) >= 11 is 0. The van der Waals surface area contributed by atoms with Gasteiger partial charge in [0.25, 0.3) is 0 Å². The van der Waals surface area contributed by atoms with Crippen molar-refractivity contribution in [2.75, 3.05) is 5.43 Å². The number of rotatable bonds is 1. The summed E-state index contributed by atoms with van der Waals surface area (Å²) in [5, 5.41) is 0. The van der Waals surface area contributed by atoms with Crippen molar-refractivity contribution in [1.82, 2.24) is 0 Å². The summed E-state index contributed by atoms with van der Waals surface area (Å²) in [5.74, 6) is 5.10. The number of anilines is 1. The Morgan fingerprint density at radius 1 is 0.643 bits per heavy atom. The molecule has 0 bridgehead atoms. The minimum absolute atomic E-state index is 0.938. The third-order valence-electron chi connectivity index (χ3n) is 1.61. The van der Waals surface area contributed by atoms with Gasteiger partial charge in [-0.05, 0) is 12.1 Å². The second kappa shape index (κ2) is 6.69. The maximum Gasteiger partial charge on any atom is 0.0485 e. The van der Waals surface area contributed by atoms with Gasteiger partial charge in [0.05, 0.1) is 0 Å². The third kappa shape index (κ3) is 4.28. The second-order valence-corrected chi connectivity index (χ2v) is 2.67. The maximum absolute atomic E-state index is 5.10. The Bertz CT molecular complexity index is 292. The molecule has 2 nitrogen and oxygen atoms in total. The van der Waals surface area contributed by atoms with Gasteiger partial charge in [-0.3, -0.25) is 5.84 Å². The van der Waals surface area contributed by atoms with Crippen molar-refractivity contribution in [3.8, 4) is 0 Å². The summed E-state index contributed by atoms with van der Waals surface area (Å²) in [6.07, 6.45) is 0. The van der Waals surface area contributed by atoms with E-state index in [0.717, 1.165) is 5.69 Å². The van der Waals surface area contributed by atoms with Gasteiger partial charge in [0.1, 0.15) is 0 Å². The van der Waals surface area contributed by atoms with Gasteiger partial charge in [0, 0.05) is 5.69 Å². The molecule has 0 aromatic heterocycles. The molecule has 3 N–H and O–H groups in total. The molecule has 2 aromatic rings. The van der Waals surface area contributed by atoms with Gasteiger partial charge in [-0.2, -0.15) is 0 Å². The van der Waals surface area contributed by atoms with E-state index in [1.807, 2.05) is 66.7 Å². The number of hydrogen-bond donors (Lipinski definition) is 2. The lowest BCUT2D eigenvalue weighted by Gasteiger charge is -1.94. The lowest BCUT2D eigenvalue weighted by atomic mass is 10.3. The number of nitrogens with one attached hydrogen (secondary N) is 1. The fourth-order valence-electron chi connectivity index (χ4n) is 0.919. The van der Waals surface area contributed by atoms with Gasteiger partial charge in [0.2, 0.25) is 0 Å². The van der Waals surface area contributed by atoms with Gasteiger partial charge in [-0.1, -0.05) is 54.6 Å². The molecule has 72 valence electrons. The highest BCUT2D eigenvalue weighted by Crippen LogP contribution is 2.00. The highest BCUT2D eigenvalue weighted by molar-refractivity contribution is 5.40. The zero-order valence-electron chi connectivity index (χ0n) is 7.93. The lowest BCUT2D eigenvalue weighted by molar-refractivity contribution is 1.35. The molecule has 0 atom stereocenters. The van der Waals surface area contributed by atoms with Crippen LogP contribution in [-0.2, 0) is 0 Å². The van der Waals surface area contributed by atoms with E-state index in [1.165, 1.54) is 0 Å². The van der Waals surface area contributed by atoms with E-state index in [1.54, 1.807) is 0 Å². The molecule has 14 heavy (non-hydrogen) atoms. The molecule has 0 saturated carbocycles. The molecule has 0 heterocycles. The van der Waals surface area contributed by atoms with E-state index < -0.39 is 0 Å². The average molecular weight is 186 g/mol. The van der Waals surface area contributed by atoms with Crippen LogP contribution < -0.4 is 11.3 Å². The molecule has 0 aliphatic rings. The Balaban J connectivity index is 0.000000146. The molecule has 0 fully saturated rings. The van der Waals surface area contributed by atoms with Crippen LogP contribution in [0, 0.1) is 0 Å². The summed E-state index contributed by atoms with van der Waals surface area (Å²) in [5.41, 5.74) is 3.46. The SMILES string of the molecule is NNc1ccccc1.c1ccccc1. The van der Waals surface area contributed by atoms with E-state index >= 15 is 0 Å². The molecule has 2 aromatic carbocycles. The first-order valence-electron chi connectivity index (χ1n) is 4.45. The molecule has 0 spiro atoms. The molecule has 0 aliphatic carbocycles. The third-order valence-corrected chi connectivity index (χ3v) is 1.61. The molecular formula is C12H14N2. The minimum Gasteiger partial charge on any atom is -0.324 e. The molecule has 0 saturated heterocycles. The van der Waals surface area contributed by atoms with Crippen LogP contribution in [-0.4, -0.2) is 0 Å². The molecule has 0 unspecified atom stereocenters. The number of nitrogens with two attached hydrogens (primary N) is 1. The summed E-state index contributed by atoms with van der Waals surface area (Å²) in [4.78, 5) is 0. The van der Waals surface area contributed by atoms with Crippen LogP contribution in [0.15, 0.2) is 66.7 Å². The van der Waals surface area contributed by atoms with E-state index in [2.05, 4.69) is 5.43 Å². The van der Waals surface area contributed by atoms with E-state index in [4.69, 9.17) is 5.84 Å². The maximum atomic E-state index is 5.10. The first-order chi connectivity index (χ1) is 6.93.